The van der Waals surface area contributed by atoms with Gasteiger partial charge in [-0.3, -0.25) is 4.79 Å². The first-order valence-corrected chi connectivity index (χ1v) is 9.24. The van der Waals surface area contributed by atoms with Gasteiger partial charge >= 0.3 is 0 Å². The Balaban J connectivity index is 1.60. The quantitative estimate of drug-likeness (QED) is 0.827. The van der Waals surface area contributed by atoms with E-state index in [0.29, 0.717) is 29.7 Å². The van der Waals surface area contributed by atoms with Gasteiger partial charge in [-0.05, 0) is 43.6 Å². The molecule has 1 aromatic carbocycles. The third kappa shape index (κ3) is 4.29. The van der Waals surface area contributed by atoms with Crippen LogP contribution in [0, 0.1) is 0 Å². The van der Waals surface area contributed by atoms with Crippen molar-refractivity contribution in [3.63, 3.8) is 0 Å². The minimum atomic E-state index is -0.147. The summed E-state index contributed by atoms with van der Waals surface area (Å²) in [5.74, 6) is 1.64. The maximum atomic E-state index is 12.4. The summed E-state index contributed by atoms with van der Waals surface area (Å²) >= 11 is 1.58. The molecule has 134 valence electrons. The summed E-state index contributed by atoms with van der Waals surface area (Å²) in [5.41, 5.74) is 1.44. The highest BCUT2D eigenvalue weighted by atomic mass is 32.1. The lowest BCUT2D eigenvalue weighted by Gasteiger charge is -2.20. The third-order valence-electron chi connectivity index (χ3n) is 4.34. The molecule has 0 saturated carbocycles. The Morgan fingerprint density at radius 2 is 2.04 bits per heavy atom. The Bertz CT molecular complexity index is 726. The first kappa shape index (κ1) is 17.7. The number of carbonyl (C=O) groups is 1. The number of nitrogens with zero attached hydrogens (tertiary/aromatic N) is 1. The highest BCUT2D eigenvalue weighted by Gasteiger charge is 2.20. The molecule has 0 atom stereocenters. The third-order valence-corrected chi connectivity index (χ3v) is 5.35. The number of rotatable bonds is 6. The Morgan fingerprint density at radius 3 is 2.76 bits per heavy atom. The van der Waals surface area contributed by atoms with Crippen molar-refractivity contribution in [1.82, 2.24) is 15.6 Å². The number of benzene rings is 1. The van der Waals surface area contributed by atoms with Gasteiger partial charge in [-0.2, -0.15) is 0 Å². The fraction of sp³-hybridized carbons (Fsp3) is 0.444. The SMILES string of the molecule is COc1ccc(CNC(=O)c2csc(C3CCNCC3)n2)cc1OC. The zero-order chi connectivity index (χ0) is 17.6. The van der Waals surface area contributed by atoms with Crippen molar-refractivity contribution in [2.24, 2.45) is 0 Å². The number of piperidine rings is 1. The van der Waals surface area contributed by atoms with Crippen molar-refractivity contribution in [3.8, 4) is 11.5 Å². The van der Waals surface area contributed by atoms with Gasteiger partial charge in [0.2, 0.25) is 0 Å². The molecule has 25 heavy (non-hydrogen) atoms. The summed E-state index contributed by atoms with van der Waals surface area (Å²) in [4.78, 5) is 16.9. The molecule has 0 spiro atoms. The number of nitrogens with one attached hydrogen (secondary N) is 2. The molecule has 1 aromatic heterocycles. The second-order valence-corrected chi connectivity index (χ2v) is 6.86. The minimum Gasteiger partial charge on any atom is -0.493 e. The maximum Gasteiger partial charge on any atom is 0.271 e. The fourth-order valence-electron chi connectivity index (χ4n) is 2.91. The molecule has 3 rings (SSSR count). The Kier molecular flexibility index (Phi) is 5.88. The number of amides is 1. The van der Waals surface area contributed by atoms with Gasteiger partial charge in [0.25, 0.3) is 5.91 Å². The molecule has 6 nitrogen and oxygen atoms in total. The first-order valence-electron chi connectivity index (χ1n) is 8.36. The van der Waals surface area contributed by atoms with Crippen molar-refractivity contribution in [1.29, 1.82) is 0 Å². The van der Waals surface area contributed by atoms with Crippen LogP contribution in [0.25, 0.3) is 0 Å². The van der Waals surface area contributed by atoms with Crippen LogP contribution in [-0.4, -0.2) is 38.2 Å². The van der Waals surface area contributed by atoms with E-state index in [4.69, 9.17) is 9.47 Å². The lowest BCUT2D eigenvalue weighted by Crippen LogP contribution is -2.27. The van der Waals surface area contributed by atoms with Gasteiger partial charge < -0.3 is 20.1 Å². The van der Waals surface area contributed by atoms with Crippen LogP contribution >= 0.6 is 11.3 Å². The van der Waals surface area contributed by atoms with E-state index >= 15 is 0 Å². The second-order valence-electron chi connectivity index (χ2n) is 5.97. The zero-order valence-electron chi connectivity index (χ0n) is 14.5. The van der Waals surface area contributed by atoms with Gasteiger partial charge in [-0.25, -0.2) is 4.98 Å². The van der Waals surface area contributed by atoms with Crippen molar-refractivity contribution >= 4 is 17.2 Å². The van der Waals surface area contributed by atoms with Gasteiger partial charge in [0.15, 0.2) is 11.5 Å². The molecule has 0 bridgehead atoms. The lowest BCUT2D eigenvalue weighted by atomic mass is 9.99. The zero-order valence-corrected chi connectivity index (χ0v) is 15.3. The molecule has 2 heterocycles. The van der Waals surface area contributed by atoms with Crippen molar-refractivity contribution in [2.45, 2.75) is 25.3 Å². The molecule has 1 fully saturated rings. The van der Waals surface area contributed by atoms with Crippen molar-refractivity contribution in [3.05, 3.63) is 39.8 Å². The van der Waals surface area contributed by atoms with Crippen molar-refractivity contribution in [2.75, 3.05) is 27.3 Å². The number of hydrogen-bond donors (Lipinski definition) is 2. The molecular formula is C18H23N3O3S. The molecule has 0 aliphatic carbocycles. The van der Waals surface area contributed by atoms with Crippen LogP contribution in [0.5, 0.6) is 11.5 Å². The van der Waals surface area contributed by atoms with Gasteiger partial charge in [0.1, 0.15) is 5.69 Å². The van der Waals surface area contributed by atoms with Gasteiger partial charge in [-0.15, -0.1) is 11.3 Å². The molecule has 2 N–H and O–H groups in total. The number of thiazole rings is 1. The summed E-state index contributed by atoms with van der Waals surface area (Å²) in [5, 5.41) is 9.18. The normalized spacial score (nSPS) is 15.0. The van der Waals surface area contributed by atoms with E-state index in [1.165, 1.54) is 0 Å². The number of carbonyl (C=O) groups excluding carboxylic acids is 1. The summed E-state index contributed by atoms with van der Waals surface area (Å²) in [6.07, 6.45) is 2.17. The van der Waals surface area contributed by atoms with Crippen LogP contribution in [-0.2, 0) is 6.54 Å². The fourth-order valence-corrected chi connectivity index (χ4v) is 3.88. The molecule has 1 aliphatic heterocycles. The van der Waals surface area contributed by atoms with E-state index in [1.807, 2.05) is 23.6 Å². The summed E-state index contributed by atoms with van der Waals surface area (Å²) < 4.78 is 10.5. The lowest BCUT2D eigenvalue weighted by molar-refractivity contribution is 0.0946. The average molecular weight is 361 g/mol. The van der Waals surface area contributed by atoms with Crippen LogP contribution in [0.1, 0.15) is 39.8 Å². The topological polar surface area (TPSA) is 72.5 Å². The summed E-state index contributed by atoms with van der Waals surface area (Å²) in [6, 6.07) is 5.60. The first-order chi connectivity index (χ1) is 12.2. The van der Waals surface area contributed by atoms with Crippen LogP contribution in [0.2, 0.25) is 0 Å². The highest BCUT2D eigenvalue weighted by Crippen LogP contribution is 2.29. The summed E-state index contributed by atoms with van der Waals surface area (Å²) in [6.45, 7) is 2.45. The monoisotopic (exact) mass is 361 g/mol. The minimum absolute atomic E-state index is 0.147. The van der Waals surface area contributed by atoms with E-state index in [1.54, 1.807) is 25.6 Å². The predicted octanol–water partition coefficient (Wildman–Crippen LogP) is 2.56. The smallest absolute Gasteiger partial charge is 0.271 e. The second kappa shape index (κ2) is 8.31. The maximum absolute atomic E-state index is 12.4. The van der Waals surface area contributed by atoms with Crippen LogP contribution in [0.15, 0.2) is 23.6 Å². The Morgan fingerprint density at radius 1 is 1.28 bits per heavy atom. The van der Waals surface area contributed by atoms with Gasteiger partial charge in [0, 0.05) is 17.8 Å². The van der Waals surface area contributed by atoms with E-state index in [0.717, 1.165) is 36.5 Å². The number of hydrogen-bond acceptors (Lipinski definition) is 6. The molecule has 1 saturated heterocycles. The molecule has 1 aliphatic rings. The predicted molar refractivity (Wildman–Crippen MR) is 97.7 cm³/mol. The molecule has 2 aromatic rings. The molecule has 1 amide bonds. The van der Waals surface area contributed by atoms with Gasteiger partial charge in [0.05, 0.1) is 19.2 Å². The molecular weight excluding hydrogens is 338 g/mol. The average Bonchev–Trinajstić information content (AvgIpc) is 3.17. The van der Waals surface area contributed by atoms with E-state index in [2.05, 4.69) is 15.6 Å². The number of ether oxygens (including phenoxy) is 2. The Labute approximate surface area is 151 Å². The standard InChI is InChI=1S/C18H23N3O3S/c1-23-15-4-3-12(9-16(15)24-2)10-20-17(22)14-11-25-18(21-14)13-5-7-19-8-6-13/h3-4,9,11,13,19H,5-8,10H2,1-2H3,(H,20,22). The van der Waals surface area contributed by atoms with E-state index < -0.39 is 0 Å². The largest absolute Gasteiger partial charge is 0.493 e. The number of aromatic nitrogens is 1. The Hall–Kier alpha value is -2.12. The molecule has 0 unspecified atom stereocenters. The van der Waals surface area contributed by atoms with Crippen LogP contribution in [0.3, 0.4) is 0 Å². The molecule has 7 heteroatoms. The van der Waals surface area contributed by atoms with Crippen LogP contribution < -0.4 is 20.1 Å². The number of methoxy groups -OCH3 is 2. The van der Waals surface area contributed by atoms with E-state index in [-0.39, 0.29) is 5.91 Å². The van der Waals surface area contributed by atoms with Crippen LogP contribution in [0.4, 0.5) is 0 Å². The van der Waals surface area contributed by atoms with Gasteiger partial charge in [-0.1, -0.05) is 6.07 Å². The van der Waals surface area contributed by atoms with E-state index in [9.17, 15) is 4.79 Å². The van der Waals surface area contributed by atoms with Crippen molar-refractivity contribution < 1.29 is 14.3 Å². The molecule has 0 radical (unpaired) electrons. The summed E-state index contributed by atoms with van der Waals surface area (Å²) in [7, 11) is 3.19. The highest BCUT2D eigenvalue weighted by molar-refractivity contribution is 7.09.